The van der Waals surface area contributed by atoms with E-state index in [0.29, 0.717) is 34.5 Å². The van der Waals surface area contributed by atoms with Crippen molar-refractivity contribution in [1.82, 2.24) is 10.3 Å². The van der Waals surface area contributed by atoms with Crippen LogP contribution in [0.4, 0.5) is 0 Å². The number of rotatable bonds is 7. The monoisotopic (exact) mass is 298 g/mol. The lowest BCUT2D eigenvalue weighted by atomic mass is 10.1. The molecule has 1 heterocycles. The molecule has 1 saturated carbocycles. The van der Waals surface area contributed by atoms with Crippen LogP contribution in [0.25, 0.3) is 0 Å². The van der Waals surface area contributed by atoms with E-state index in [1.807, 2.05) is 0 Å². The highest BCUT2D eigenvalue weighted by atomic mass is 32.1. The third-order valence-corrected chi connectivity index (χ3v) is 4.31. The van der Waals surface area contributed by atoms with Gasteiger partial charge in [0.05, 0.1) is 12.3 Å². The predicted octanol–water partition coefficient (Wildman–Crippen LogP) is 1.58. The second kappa shape index (κ2) is 6.32. The first kappa shape index (κ1) is 14.9. The summed E-state index contributed by atoms with van der Waals surface area (Å²) in [5.74, 6) is -0.914. The first-order valence-corrected chi connectivity index (χ1v) is 7.31. The number of carbonyl (C=O) groups excluding carboxylic acids is 1. The van der Waals surface area contributed by atoms with E-state index < -0.39 is 12.0 Å². The summed E-state index contributed by atoms with van der Waals surface area (Å²) in [4.78, 5) is 28.0. The zero-order valence-corrected chi connectivity index (χ0v) is 12.3. The molecule has 1 aromatic rings. The van der Waals surface area contributed by atoms with Crippen molar-refractivity contribution in [2.75, 3.05) is 7.11 Å². The van der Waals surface area contributed by atoms with Gasteiger partial charge in [-0.2, -0.15) is 0 Å². The van der Waals surface area contributed by atoms with Crippen LogP contribution >= 0.6 is 11.3 Å². The van der Waals surface area contributed by atoms with Crippen LogP contribution in [-0.2, 0) is 16.1 Å². The van der Waals surface area contributed by atoms with Crippen LogP contribution in [-0.4, -0.2) is 35.1 Å². The van der Waals surface area contributed by atoms with Gasteiger partial charge in [0.25, 0.3) is 5.91 Å². The molecule has 1 fully saturated rings. The minimum Gasteiger partial charge on any atom is -0.480 e. The van der Waals surface area contributed by atoms with E-state index >= 15 is 0 Å². The quantitative estimate of drug-likeness (QED) is 0.798. The van der Waals surface area contributed by atoms with E-state index in [2.05, 4.69) is 10.3 Å². The zero-order chi connectivity index (χ0) is 14.7. The predicted molar refractivity (Wildman–Crippen MR) is 73.8 cm³/mol. The van der Waals surface area contributed by atoms with Crippen LogP contribution in [0, 0.1) is 12.8 Å². The number of hydrogen-bond donors (Lipinski definition) is 2. The molecule has 1 aliphatic rings. The summed E-state index contributed by atoms with van der Waals surface area (Å²) in [6.45, 7) is 2.09. The molecule has 0 aromatic carbocycles. The number of nitrogens with zero attached hydrogens (tertiary/aromatic N) is 1. The van der Waals surface area contributed by atoms with Gasteiger partial charge in [-0.25, -0.2) is 9.78 Å². The van der Waals surface area contributed by atoms with Crippen molar-refractivity contribution < 1.29 is 19.4 Å². The number of carbonyl (C=O) groups is 2. The summed E-state index contributed by atoms with van der Waals surface area (Å²) in [6, 6.07) is -0.817. The summed E-state index contributed by atoms with van der Waals surface area (Å²) in [5, 5.41) is 12.5. The van der Waals surface area contributed by atoms with Crippen molar-refractivity contribution in [2.45, 2.75) is 38.8 Å². The van der Waals surface area contributed by atoms with E-state index in [1.165, 1.54) is 11.3 Å². The van der Waals surface area contributed by atoms with Gasteiger partial charge in [-0.05, 0) is 19.3 Å². The van der Waals surface area contributed by atoms with E-state index in [-0.39, 0.29) is 5.91 Å². The Morgan fingerprint density at radius 1 is 1.55 bits per heavy atom. The average Bonchev–Trinajstić information content (AvgIpc) is 3.11. The molecule has 0 saturated heterocycles. The number of thiazole rings is 1. The maximum Gasteiger partial charge on any atom is 0.326 e. The fraction of sp³-hybridized carbons (Fsp3) is 0.615. The number of aryl methyl sites for hydroxylation is 1. The number of ether oxygens (including phenoxy) is 1. The van der Waals surface area contributed by atoms with Crippen molar-refractivity contribution in [1.29, 1.82) is 0 Å². The number of aliphatic carboxylic acids is 1. The lowest BCUT2D eigenvalue weighted by Crippen LogP contribution is -2.41. The van der Waals surface area contributed by atoms with Crippen LogP contribution in [0.2, 0.25) is 0 Å². The Bertz CT molecular complexity index is 510. The number of methoxy groups -OCH3 is 1. The Morgan fingerprint density at radius 3 is 2.80 bits per heavy atom. The number of hydrogen-bond acceptors (Lipinski definition) is 5. The van der Waals surface area contributed by atoms with Crippen molar-refractivity contribution >= 4 is 23.2 Å². The molecule has 7 heteroatoms. The maximum atomic E-state index is 12.2. The fourth-order valence-electron chi connectivity index (χ4n) is 1.98. The minimum atomic E-state index is -0.982. The molecular formula is C13H18N2O4S. The third kappa shape index (κ3) is 3.77. The number of amides is 1. The highest BCUT2D eigenvalue weighted by Gasteiger charge is 2.31. The normalized spacial score (nSPS) is 15.9. The Morgan fingerprint density at radius 2 is 2.25 bits per heavy atom. The molecule has 1 atom stereocenters. The lowest BCUT2D eigenvalue weighted by molar-refractivity contribution is -0.139. The molecule has 0 aliphatic heterocycles. The van der Waals surface area contributed by atoms with Gasteiger partial charge < -0.3 is 15.2 Å². The fourth-order valence-corrected chi connectivity index (χ4v) is 2.92. The Balaban J connectivity index is 2.03. The van der Waals surface area contributed by atoms with Crippen molar-refractivity contribution in [3.63, 3.8) is 0 Å². The molecule has 2 rings (SSSR count). The molecule has 20 heavy (non-hydrogen) atoms. The smallest absolute Gasteiger partial charge is 0.326 e. The summed E-state index contributed by atoms with van der Waals surface area (Å²) in [5.41, 5.74) is 0.607. The van der Waals surface area contributed by atoms with E-state index in [1.54, 1.807) is 14.0 Å². The van der Waals surface area contributed by atoms with Gasteiger partial charge in [-0.15, -0.1) is 11.3 Å². The molecule has 6 nitrogen and oxygen atoms in total. The van der Waals surface area contributed by atoms with Crippen LogP contribution in [0.3, 0.4) is 0 Å². The van der Waals surface area contributed by atoms with Crippen LogP contribution in [0.1, 0.15) is 39.6 Å². The van der Waals surface area contributed by atoms with E-state index in [4.69, 9.17) is 9.84 Å². The molecule has 1 amide bonds. The number of carboxylic acid groups (broad SMARTS) is 1. The summed E-state index contributed by atoms with van der Waals surface area (Å²) in [6.07, 6.45) is 2.61. The molecule has 1 aromatic heterocycles. The largest absolute Gasteiger partial charge is 0.480 e. The molecule has 1 unspecified atom stereocenters. The Labute approximate surface area is 121 Å². The molecule has 110 valence electrons. The Kier molecular flexibility index (Phi) is 4.72. The second-order valence-corrected chi connectivity index (χ2v) is 6.08. The van der Waals surface area contributed by atoms with Crippen molar-refractivity contribution in [2.24, 2.45) is 5.92 Å². The van der Waals surface area contributed by atoms with Crippen molar-refractivity contribution in [3.05, 3.63) is 15.6 Å². The van der Waals surface area contributed by atoms with Gasteiger partial charge in [0.2, 0.25) is 0 Å². The van der Waals surface area contributed by atoms with Gasteiger partial charge >= 0.3 is 5.97 Å². The van der Waals surface area contributed by atoms with Crippen LogP contribution in [0.15, 0.2) is 0 Å². The molecule has 0 spiro atoms. The maximum absolute atomic E-state index is 12.2. The first-order chi connectivity index (χ1) is 9.51. The topological polar surface area (TPSA) is 88.5 Å². The molecule has 0 radical (unpaired) electrons. The van der Waals surface area contributed by atoms with Gasteiger partial charge in [0, 0.05) is 7.11 Å². The van der Waals surface area contributed by atoms with Crippen LogP contribution < -0.4 is 5.32 Å². The lowest BCUT2D eigenvalue weighted by Gasteiger charge is -2.13. The molecule has 2 N–H and O–H groups in total. The van der Waals surface area contributed by atoms with Crippen LogP contribution in [0.5, 0.6) is 0 Å². The van der Waals surface area contributed by atoms with E-state index in [9.17, 15) is 9.59 Å². The van der Waals surface area contributed by atoms with Gasteiger partial charge in [0.1, 0.15) is 15.9 Å². The standard InChI is InChI=1S/C13H18N2O4S/c1-7-11(20-10(14-7)6-19-2)12(16)15-9(13(17)18)5-8-3-4-8/h8-9H,3-6H2,1-2H3,(H,15,16)(H,17,18). The van der Waals surface area contributed by atoms with Crippen molar-refractivity contribution in [3.8, 4) is 0 Å². The van der Waals surface area contributed by atoms with E-state index in [0.717, 1.165) is 12.8 Å². The Hall–Kier alpha value is -1.47. The SMILES string of the molecule is COCc1nc(C)c(C(=O)NC(CC2CC2)C(=O)O)s1. The number of carboxylic acids is 1. The molecule has 0 bridgehead atoms. The third-order valence-electron chi connectivity index (χ3n) is 3.18. The number of aromatic nitrogens is 1. The van der Waals surface area contributed by atoms with Gasteiger partial charge in [0.15, 0.2) is 0 Å². The van der Waals surface area contributed by atoms with Gasteiger partial charge in [-0.3, -0.25) is 4.79 Å². The summed E-state index contributed by atoms with van der Waals surface area (Å²) in [7, 11) is 1.56. The number of nitrogens with one attached hydrogen (secondary N) is 1. The highest BCUT2D eigenvalue weighted by Crippen LogP contribution is 2.33. The highest BCUT2D eigenvalue weighted by molar-refractivity contribution is 7.13. The summed E-state index contributed by atoms with van der Waals surface area (Å²) >= 11 is 1.24. The molecule has 1 aliphatic carbocycles. The minimum absolute atomic E-state index is 0.350. The van der Waals surface area contributed by atoms with Gasteiger partial charge in [-0.1, -0.05) is 12.8 Å². The average molecular weight is 298 g/mol. The zero-order valence-electron chi connectivity index (χ0n) is 11.5. The molecular weight excluding hydrogens is 280 g/mol. The second-order valence-electron chi connectivity index (χ2n) is 5.00. The summed E-state index contributed by atoms with van der Waals surface area (Å²) < 4.78 is 4.98. The first-order valence-electron chi connectivity index (χ1n) is 6.50.